The largest absolute Gasteiger partial charge is 0.492 e. The molecule has 0 spiro atoms. The van der Waals surface area contributed by atoms with E-state index in [9.17, 15) is 13.9 Å². The van der Waals surface area contributed by atoms with Crippen LogP contribution in [-0.2, 0) is 5.60 Å². The fraction of sp³-hybridized carbons (Fsp3) is 0.389. The predicted molar refractivity (Wildman–Crippen MR) is 115 cm³/mol. The maximum atomic E-state index is 13.1. The van der Waals surface area contributed by atoms with E-state index in [4.69, 9.17) is 4.74 Å². The Morgan fingerprint density at radius 3 is 2.67 bits per heavy atom. The van der Waals surface area contributed by atoms with Crippen molar-refractivity contribution in [2.24, 2.45) is 4.99 Å². The summed E-state index contributed by atoms with van der Waals surface area (Å²) in [5.74, 6) is -1.05. The number of nitrogens with zero attached hydrogens (tertiary/aromatic N) is 1. The van der Waals surface area contributed by atoms with Crippen LogP contribution in [0, 0.1) is 11.6 Å². The monoisotopic (exact) mass is 511 g/mol. The van der Waals surface area contributed by atoms with Crippen molar-refractivity contribution < 1.29 is 18.6 Å². The number of thiophene rings is 1. The van der Waals surface area contributed by atoms with Crippen molar-refractivity contribution in [1.29, 1.82) is 0 Å². The minimum atomic E-state index is -1.05. The Morgan fingerprint density at radius 2 is 2.04 bits per heavy atom. The Kier molecular flexibility index (Phi) is 9.95. The number of rotatable bonds is 8. The summed E-state index contributed by atoms with van der Waals surface area (Å²) < 4.78 is 31.4. The molecule has 9 heteroatoms. The minimum absolute atomic E-state index is 0. The van der Waals surface area contributed by atoms with Gasteiger partial charge in [-0.25, -0.2) is 13.8 Å². The molecule has 1 atom stereocenters. The third-order valence-electron chi connectivity index (χ3n) is 3.59. The Hall–Kier alpha value is -1.46. The molecule has 0 amide bonds. The van der Waals surface area contributed by atoms with Crippen LogP contribution in [0.5, 0.6) is 5.75 Å². The normalized spacial score (nSPS) is 13.4. The van der Waals surface area contributed by atoms with Gasteiger partial charge in [0, 0.05) is 12.6 Å². The van der Waals surface area contributed by atoms with Gasteiger partial charge in [0.15, 0.2) is 17.6 Å². The Bertz CT molecular complexity index is 727. The van der Waals surface area contributed by atoms with Gasteiger partial charge in [0.05, 0.1) is 13.1 Å². The lowest BCUT2D eigenvalue weighted by molar-refractivity contribution is 0.0677. The van der Waals surface area contributed by atoms with E-state index in [-0.39, 0.29) is 42.9 Å². The van der Waals surface area contributed by atoms with Gasteiger partial charge in [-0.15, -0.1) is 24.0 Å². The zero-order valence-corrected chi connectivity index (χ0v) is 18.3. The van der Waals surface area contributed by atoms with Crippen molar-refractivity contribution in [2.75, 3.05) is 26.2 Å². The van der Waals surface area contributed by atoms with E-state index in [2.05, 4.69) is 15.6 Å². The van der Waals surface area contributed by atoms with Crippen LogP contribution in [0.25, 0.3) is 0 Å². The number of halogens is 3. The van der Waals surface area contributed by atoms with E-state index in [0.717, 1.165) is 17.7 Å². The molecule has 0 radical (unpaired) electrons. The fourth-order valence-electron chi connectivity index (χ4n) is 2.14. The maximum Gasteiger partial charge on any atom is 0.191 e. The lowest BCUT2D eigenvalue weighted by Gasteiger charge is -2.21. The molecule has 5 nitrogen and oxygen atoms in total. The van der Waals surface area contributed by atoms with E-state index < -0.39 is 17.2 Å². The molecule has 1 aromatic heterocycles. The van der Waals surface area contributed by atoms with Crippen LogP contribution in [0.2, 0.25) is 0 Å². The van der Waals surface area contributed by atoms with Crippen LogP contribution in [0.3, 0.4) is 0 Å². The first-order valence-electron chi connectivity index (χ1n) is 8.27. The second kappa shape index (κ2) is 11.4. The molecular formula is C18H24F2IN3O2S. The van der Waals surface area contributed by atoms with E-state index in [0.29, 0.717) is 19.0 Å². The average molecular weight is 511 g/mol. The molecule has 0 saturated heterocycles. The standard InChI is InChI=1S/C18H23F2N3O2S.HI/c1-3-21-17(23-12-18(2,24)13-6-9-26-11-13)22-7-8-25-14-4-5-15(19)16(20)10-14;/h4-6,9-11,24H,3,7-8,12H2,1-2H3,(H2,21,22,23);1H. The number of nitrogens with one attached hydrogen (secondary N) is 2. The quantitative estimate of drug-likeness (QED) is 0.220. The van der Waals surface area contributed by atoms with Crippen LogP contribution < -0.4 is 15.4 Å². The van der Waals surface area contributed by atoms with E-state index in [1.165, 1.54) is 17.4 Å². The number of aliphatic imine (C=N–C) groups is 1. The lowest BCUT2D eigenvalue weighted by atomic mass is 10.00. The average Bonchev–Trinajstić information content (AvgIpc) is 3.15. The van der Waals surface area contributed by atoms with E-state index in [1.54, 1.807) is 6.92 Å². The first-order chi connectivity index (χ1) is 12.4. The minimum Gasteiger partial charge on any atom is -0.492 e. The Balaban J connectivity index is 0.00000364. The summed E-state index contributed by atoms with van der Waals surface area (Å²) in [4.78, 5) is 4.40. The molecule has 150 valence electrons. The van der Waals surface area contributed by atoms with Gasteiger partial charge >= 0.3 is 0 Å². The topological polar surface area (TPSA) is 65.9 Å². The molecular weight excluding hydrogens is 487 g/mol. The first-order valence-corrected chi connectivity index (χ1v) is 9.21. The van der Waals surface area contributed by atoms with Gasteiger partial charge in [-0.2, -0.15) is 11.3 Å². The summed E-state index contributed by atoms with van der Waals surface area (Å²) in [6, 6.07) is 5.27. The van der Waals surface area contributed by atoms with Crippen LogP contribution >= 0.6 is 35.3 Å². The van der Waals surface area contributed by atoms with Crippen molar-refractivity contribution in [3.8, 4) is 5.75 Å². The summed E-state index contributed by atoms with van der Waals surface area (Å²) in [7, 11) is 0. The summed E-state index contributed by atoms with van der Waals surface area (Å²) in [5, 5.41) is 20.5. The van der Waals surface area contributed by atoms with E-state index in [1.807, 2.05) is 23.8 Å². The summed E-state index contributed by atoms with van der Waals surface area (Å²) >= 11 is 1.52. The molecule has 1 aromatic carbocycles. The lowest BCUT2D eigenvalue weighted by Crippen LogP contribution is -2.40. The van der Waals surface area contributed by atoms with Crippen molar-refractivity contribution in [3.63, 3.8) is 0 Å². The fourth-order valence-corrected chi connectivity index (χ4v) is 2.92. The molecule has 2 rings (SSSR count). The van der Waals surface area contributed by atoms with Crippen molar-refractivity contribution in [2.45, 2.75) is 19.4 Å². The highest BCUT2D eigenvalue weighted by molar-refractivity contribution is 14.0. The van der Waals surface area contributed by atoms with E-state index >= 15 is 0 Å². The first kappa shape index (κ1) is 23.6. The molecule has 0 saturated carbocycles. The number of hydrogen-bond donors (Lipinski definition) is 3. The number of aliphatic hydroxyl groups is 1. The van der Waals surface area contributed by atoms with Crippen LogP contribution in [0.15, 0.2) is 40.0 Å². The molecule has 0 fully saturated rings. The predicted octanol–water partition coefficient (Wildman–Crippen LogP) is 3.49. The SMILES string of the molecule is CCNC(=NCC(C)(O)c1ccsc1)NCCOc1ccc(F)c(F)c1.I. The molecule has 1 unspecified atom stereocenters. The van der Waals surface area contributed by atoms with Crippen molar-refractivity contribution in [3.05, 3.63) is 52.2 Å². The van der Waals surface area contributed by atoms with Gasteiger partial charge in [0.1, 0.15) is 18.0 Å². The maximum absolute atomic E-state index is 13.1. The number of ether oxygens (including phenoxy) is 1. The smallest absolute Gasteiger partial charge is 0.191 e. The number of hydrogen-bond acceptors (Lipinski definition) is 4. The second-order valence-corrected chi connectivity index (χ2v) is 6.61. The van der Waals surface area contributed by atoms with Crippen molar-refractivity contribution >= 4 is 41.3 Å². The Labute approximate surface area is 178 Å². The molecule has 3 N–H and O–H groups in total. The van der Waals surface area contributed by atoms with Gasteiger partial charge in [0.2, 0.25) is 0 Å². The summed E-state index contributed by atoms with van der Waals surface area (Å²) in [6.45, 7) is 5.17. The number of guanidine groups is 1. The third-order valence-corrected chi connectivity index (χ3v) is 4.27. The zero-order chi connectivity index (χ0) is 19.0. The summed E-state index contributed by atoms with van der Waals surface area (Å²) in [5.41, 5.74) is -0.228. The van der Waals surface area contributed by atoms with Gasteiger partial charge in [-0.3, -0.25) is 0 Å². The van der Waals surface area contributed by atoms with Crippen LogP contribution in [0.1, 0.15) is 19.4 Å². The van der Waals surface area contributed by atoms with Gasteiger partial charge < -0.3 is 20.5 Å². The van der Waals surface area contributed by atoms with Gasteiger partial charge in [-0.1, -0.05) is 0 Å². The second-order valence-electron chi connectivity index (χ2n) is 5.83. The summed E-state index contributed by atoms with van der Waals surface area (Å²) in [6.07, 6.45) is 0. The highest BCUT2D eigenvalue weighted by atomic mass is 127. The molecule has 1 heterocycles. The highest BCUT2D eigenvalue weighted by Gasteiger charge is 2.23. The molecule has 0 aliphatic heterocycles. The molecule has 2 aromatic rings. The zero-order valence-electron chi connectivity index (χ0n) is 15.2. The third kappa shape index (κ3) is 7.59. The van der Waals surface area contributed by atoms with Crippen molar-refractivity contribution in [1.82, 2.24) is 10.6 Å². The van der Waals surface area contributed by atoms with Gasteiger partial charge in [-0.05, 0) is 48.4 Å². The Morgan fingerprint density at radius 1 is 1.26 bits per heavy atom. The molecule has 0 aliphatic rings. The van der Waals surface area contributed by atoms with Gasteiger partial charge in [0.25, 0.3) is 0 Å². The molecule has 27 heavy (non-hydrogen) atoms. The number of benzene rings is 1. The van der Waals surface area contributed by atoms with Crippen LogP contribution in [-0.4, -0.2) is 37.3 Å². The highest BCUT2D eigenvalue weighted by Crippen LogP contribution is 2.23. The molecule has 0 bridgehead atoms. The van der Waals surface area contributed by atoms with Crippen LogP contribution in [0.4, 0.5) is 8.78 Å². The molecule has 0 aliphatic carbocycles.